The topological polar surface area (TPSA) is 453 Å². The monoisotopic (exact) mass is 1220 g/mol. The number of esters is 1. The highest BCUT2D eigenvalue weighted by atomic mass is 16.8. The Balaban J connectivity index is 0.867. The van der Waals surface area contributed by atoms with Crippen LogP contribution < -0.4 is 0 Å². The highest BCUT2D eigenvalue weighted by Gasteiger charge is 2.75. The van der Waals surface area contributed by atoms with Crippen molar-refractivity contribution in [2.75, 3.05) is 39.6 Å². The van der Waals surface area contributed by atoms with Gasteiger partial charge in [-0.1, -0.05) is 53.2 Å². The smallest absolute Gasteiger partial charge is 0.317 e. The lowest BCUT2D eigenvalue weighted by atomic mass is 9.32. The van der Waals surface area contributed by atoms with Crippen molar-refractivity contribution in [3.05, 3.63) is 11.6 Å². The molecule has 488 valence electrons. The zero-order chi connectivity index (χ0) is 62.2. The summed E-state index contributed by atoms with van der Waals surface area (Å²) in [6.45, 7) is 9.53. The zero-order valence-corrected chi connectivity index (χ0v) is 49.0. The normalized spacial score (nSPS) is 56.0. The molecule has 10 aliphatic rings. The van der Waals surface area contributed by atoms with Crippen LogP contribution in [0.15, 0.2) is 11.6 Å². The first-order valence-electron chi connectivity index (χ1n) is 29.8. The van der Waals surface area contributed by atoms with Crippen LogP contribution in [0.5, 0.6) is 0 Å². The third kappa shape index (κ3) is 10.6. The minimum absolute atomic E-state index is 0.00608. The van der Waals surface area contributed by atoms with E-state index >= 15 is 4.79 Å². The van der Waals surface area contributed by atoms with Gasteiger partial charge in [0.1, 0.15) is 90.4 Å². The first-order valence-corrected chi connectivity index (χ1v) is 29.8. The Morgan fingerprint density at radius 1 is 0.600 bits per heavy atom. The van der Waals surface area contributed by atoms with Crippen molar-refractivity contribution in [1.82, 2.24) is 0 Å². The van der Waals surface area contributed by atoms with E-state index in [1.54, 1.807) is 6.92 Å². The summed E-state index contributed by atoms with van der Waals surface area (Å²) in [7, 11) is 0. The average molecular weight is 1230 g/mol. The predicted molar refractivity (Wildman–Crippen MR) is 282 cm³/mol. The molecular weight excluding hydrogens is 1130 g/mol. The molecule has 0 unspecified atom stereocenters. The molecule has 0 radical (unpaired) electrons. The zero-order valence-electron chi connectivity index (χ0n) is 49.0. The summed E-state index contributed by atoms with van der Waals surface area (Å²) in [5.41, 5.74) is -7.31. The molecule has 33 atom stereocenters. The SMILES string of the molecule is C[C@@H]1O[C@@H](O[C@H]2[C@H](OC(=O)[C@]34CCC(C)(C)C[C@H]3C3=CC[C@@H]5[C@@]6(C)C[C@H](O)[C@H](O[C@@H]7O[C@H](CO)[C@@H](O)[C@H](O)[C@H]7O)[C@@](C)(CO)[C@@H]6[C@H](O)C[C@@]5(C)[C@]3(C)C[C@H]4O)OC[C@H](O)[C@@H]2O)[C@H](O)[C@H](O)[C@H]1O[C@@H]1OC[C@@H](O)[C@H](O[C@@H]2OC[C@](O)(CO)[C@H]2O)[C@H]1O. The fourth-order valence-electron chi connectivity index (χ4n) is 17.5. The van der Waals surface area contributed by atoms with E-state index in [0.717, 1.165) is 5.57 Å². The van der Waals surface area contributed by atoms with Crippen LogP contribution in [0.25, 0.3) is 0 Å². The molecule has 0 bridgehead atoms. The Hall–Kier alpha value is -1.83. The van der Waals surface area contributed by atoms with Gasteiger partial charge >= 0.3 is 5.97 Å². The summed E-state index contributed by atoms with van der Waals surface area (Å²) >= 11 is 0. The van der Waals surface area contributed by atoms with Gasteiger partial charge in [-0.05, 0) is 85.4 Å². The van der Waals surface area contributed by atoms with E-state index in [4.69, 9.17) is 47.4 Å². The molecule has 5 heterocycles. The van der Waals surface area contributed by atoms with Crippen molar-refractivity contribution in [3.63, 3.8) is 0 Å². The lowest BCUT2D eigenvalue weighted by molar-refractivity contribution is -0.372. The highest BCUT2D eigenvalue weighted by Crippen LogP contribution is 2.76. The summed E-state index contributed by atoms with van der Waals surface area (Å²) in [5, 5.41) is 189. The van der Waals surface area contributed by atoms with Crippen molar-refractivity contribution >= 4 is 5.97 Å². The minimum Gasteiger partial charge on any atom is -0.432 e. The van der Waals surface area contributed by atoms with E-state index in [1.165, 1.54) is 6.92 Å². The third-order valence-corrected chi connectivity index (χ3v) is 22.4. The number of carbonyl (C=O) groups excluding carboxylic acids is 1. The lowest BCUT2D eigenvalue weighted by Crippen LogP contribution is -2.73. The molecule has 5 saturated heterocycles. The van der Waals surface area contributed by atoms with E-state index in [0.29, 0.717) is 19.3 Å². The summed E-state index contributed by atoms with van der Waals surface area (Å²) in [6.07, 6.45) is -35.0. The summed E-state index contributed by atoms with van der Waals surface area (Å²) in [4.78, 5) is 15.4. The molecule has 4 saturated carbocycles. The molecule has 28 heteroatoms. The average Bonchev–Trinajstić information content (AvgIpc) is 0.961. The van der Waals surface area contributed by atoms with Crippen LogP contribution in [0.2, 0.25) is 0 Å². The second-order valence-corrected chi connectivity index (χ2v) is 28.1. The molecule has 5 aliphatic heterocycles. The number of hydrogen-bond donors (Lipinski definition) is 17. The summed E-state index contributed by atoms with van der Waals surface area (Å²) in [6, 6.07) is 0. The van der Waals surface area contributed by atoms with Crippen molar-refractivity contribution in [3.8, 4) is 0 Å². The van der Waals surface area contributed by atoms with E-state index < -0.39 is 238 Å². The van der Waals surface area contributed by atoms with Gasteiger partial charge in [0.2, 0.25) is 6.29 Å². The molecule has 28 nitrogen and oxygen atoms in total. The van der Waals surface area contributed by atoms with E-state index in [9.17, 15) is 86.8 Å². The van der Waals surface area contributed by atoms with Crippen LogP contribution in [0.3, 0.4) is 0 Å². The largest absolute Gasteiger partial charge is 0.432 e. The Morgan fingerprint density at radius 2 is 1.24 bits per heavy atom. The van der Waals surface area contributed by atoms with E-state index in [1.807, 2.05) is 13.8 Å². The Labute approximate surface area is 491 Å². The third-order valence-electron chi connectivity index (χ3n) is 22.4. The quantitative estimate of drug-likeness (QED) is 0.0465. The van der Waals surface area contributed by atoms with Gasteiger partial charge in [0.15, 0.2) is 31.3 Å². The molecule has 0 aromatic carbocycles. The van der Waals surface area contributed by atoms with Crippen molar-refractivity contribution in [2.45, 2.75) is 246 Å². The van der Waals surface area contributed by atoms with Crippen molar-refractivity contribution < 1.29 is 139 Å². The maximum atomic E-state index is 15.4. The first-order chi connectivity index (χ1) is 39.7. The molecule has 0 aromatic rings. The fourth-order valence-corrected chi connectivity index (χ4v) is 17.5. The van der Waals surface area contributed by atoms with Gasteiger partial charge in [0, 0.05) is 11.3 Å². The van der Waals surface area contributed by atoms with Crippen LogP contribution in [-0.4, -0.2) is 285 Å². The van der Waals surface area contributed by atoms with Crippen LogP contribution in [0, 0.1) is 50.2 Å². The van der Waals surface area contributed by atoms with Gasteiger partial charge in [-0.3, -0.25) is 4.79 Å². The maximum absolute atomic E-state index is 15.4. The molecule has 0 spiro atoms. The molecular formula is C57H92O28. The van der Waals surface area contributed by atoms with E-state index in [2.05, 4.69) is 26.8 Å². The molecule has 0 aromatic heterocycles. The number of aliphatic hydroxyl groups is 17. The Kier molecular flexibility index (Phi) is 18.4. The summed E-state index contributed by atoms with van der Waals surface area (Å²) in [5.74, 6) is -2.63. The number of fused-ring (bicyclic) bond motifs is 7. The maximum Gasteiger partial charge on any atom is 0.317 e. The number of hydrogen-bond acceptors (Lipinski definition) is 28. The number of rotatable bonds is 13. The standard InChI is InChI=1S/C57H92O28/c1-22-39(81-45-38(72)40(28(64)18-76-45)82-49-43(73)56(75,20-60)21-78-49)35(69)37(71)46(79-22)83-41-32(66)27(63)17-77-48(41)85-50(74)57-11-10-51(2,3)12-24(57)23-8-9-30-52(4)13-26(62)44(84-47-36(70)34(68)33(67)29(16-58)80-47)53(5,19-59)42(52)25(61)14-55(30,7)54(23,6)15-31(57)65/h8,22,24-49,58-73,75H,9-21H2,1-7H3/t22-,24-,25+,26-,27-,28+,29+,30+,31+,32-,33+,34-,35-,36+,37+,38+,39-,40-,41+,42+,43-,44-,45-,46-,47-,48-,49-,52+,53-,54+,55+,56+,57+/m0/s1. The molecule has 0 amide bonds. The highest BCUT2D eigenvalue weighted by molar-refractivity contribution is 5.80. The minimum atomic E-state index is -2.08. The Morgan fingerprint density at radius 3 is 1.89 bits per heavy atom. The van der Waals surface area contributed by atoms with Crippen LogP contribution in [0.4, 0.5) is 0 Å². The second kappa shape index (κ2) is 23.7. The van der Waals surface area contributed by atoms with Gasteiger partial charge in [-0.2, -0.15) is 0 Å². The number of aliphatic hydroxyl groups excluding tert-OH is 16. The molecule has 85 heavy (non-hydrogen) atoms. The molecule has 17 N–H and O–H groups in total. The lowest BCUT2D eigenvalue weighted by Gasteiger charge is -2.73. The number of allylic oxidation sites excluding steroid dienone is 2. The number of ether oxygens (including phenoxy) is 10. The first kappa shape index (κ1) is 66.1. The van der Waals surface area contributed by atoms with Gasteiger partial charge < -0.3 is 134 Å². The van der Waals surface area contributed by atoms with Crippen LogP contribution in [-0.2, 0) is 52.2 Å². The van der Waals surface area contributed by atoms with E-state index in [-0.39, 0.29) is 37.0 Å². The van der Waals surface area contributed by atoms with Crippen LogP contribution in [0.1, 0.15) is 93.4 Å². The molecule has 9 fully saturated rings. The summed E-state index contributed by atoms with van der Waals surface area (Å²) < 4.78 is 58.5. The Bertz CT molecular complexity index is 2400. The van der Waals surface area contributed by atoms with Crippen molar-refractivity contribution in [1.29, 1.82) is 0 Å². The predicted octanol–water partition coefficient (Wildman–Crippen LogP) is -5.38. The fraction of sp³-hybridized carbons (Fsp3) is 0.947. The van der Waals surface area contributed by atoms with Gasteiger partial charge in [0.25, 0.3) is 0 Å². The number of carbonyl (C=O) groups is 1. The van der Waals surface area contributed by atoms with Gasteiger partial charge in [-0.25, -0.2) is 0 Å². The van der Waals surface area contributed by atoms with Gasteiger partial charge in [0.05, 0.1) is 70.2 Å². The second-order valence-electron chi connectivity index (χ2n) is 28.1. The van der Waals surface area contributed by atoms with Crippen LogP contribution >= 0.6 is 0 Å². The molecule has 5 aliphatic carbocycles. The molecule has 10 rings (SSSR count). The van der Waals surface area contributed by atoms with Crippen molar-refractivity contribution in [2.24, 2.45) is 50.2 Å². The van der Waals surface area contributed by atoms with Gasteiger partial charge in [-0.15, -0.1) is 0 Å².